The number of carbonyl (C=O) groups excluding carboxylic acids is 1. The van der Waals surface area contributed by atoms with Crippen LogP contribution in [0.4, 0.5) is 11.4 Å². The number of benzene rings is 1. The van der Waals surface area contributed by atoms with E-state index in [1.165, 1.54) is 12.1 Å². The topological polar surface area (TPSA) is 72.9 Å². The van der Waals surface area contributed by atoms with Gasteiger partial charge in [0.15, 0.2) is 0 Å². The van der Waals surface area contributed by atoms with Crippen molar-refractivity contribution in [1.29, 1.82) is 0 Å². The lowest BCUT2D eigenvalue weighted by molar-refractivity contribution is 0.102. The summed E-state index contributed by atoms with van der Waals surface area (Å²) in [6.07, 6.45) is 1.72. The van der Waals surface area contributed by atoms with Crippen molar-refractivity contribution >= 4 is 40.5 Å². The van der Waals surface area contributed by atoms with Crippen LogP contribution < -0.4 is 11.1 Å². The third kappa shape index (κ3) is 2.83. The molecule has 0 aliphatic carbocycles. The van der Waals surface area contributed by atoms with Crippen LogP contribution >= 0.6 is 23.2 Å². The summed E-state index contributed by atoms with van der Waals surface area (Å²) in [6, 6.07) is 2.95. The molecule has 0 unspecified atom stereocenters. The maximum Gasteiger partial charge on any atom is 0.255 e. The molecule has 0 spiro atoms. The van der Waals surface area contributed by atoms with Gasteiger partial charge in [0.1, 0.15) is 0 Å². The number of nitrogens with one attached hydrogen (secondary N) is 1. The Kier molecular flexibility index (Phi) is 3.68. The number of anilines is 2. The zero-order valence-electron chi connectivity index (χ0n) is 10.4. The number of nitrogens with zero attached hydrogens (tertiary/aromatic N) is 2. The Hall–Kier alpha value is -1.72. The number of hydrogen-bond donors (Lipinski definition) is 2. The number of aromatic nitrogens is 2. The largest absolute Gasteiger partial charge is 0.396 e. The van der Waals surface area contributed by atoms with Crippen LogP contribution in [0, 0.1) is 6.92 Å². The molecular weight excluding hydrogens is 287 g/mol. The lowest BCUT2D eigenvalue weighted by Crippen LogP contribution is -2.12. The molecule has 19 heavy (non-hydrogen) atoms. The zero-order valence-corrected chi connectivity index (χ0v) is 11.9. The van der Waals surface area contributed by atoms with Crippen LogP contribution in [0.1, 0.15) is 16.1 Å². The first-order valence-corrected chi connectivity index (χ1v) is 6.20. The second-order valence-electron chi connectivity index (χ2n) is 4.11. The highest BCUT2D eigenvalue weighted by atomic mass is 35.5. The Morgan fingerprint density at radius 1 is 1.37 bits per heavy atom. The lowest BCUT2D eigenvalue weighted by atomic mass is 10.2. The third-order valence-electron chi connectivity index (χ3n) is 2.60. The molecule has 0 bridgehead atoms. The Morgan fingerprint density at radius 2 is 1.95 bits per heavy atom. The van der Waals surface area contributed by atoms with Crippen LogP contribution in [0.15, 0.2) is 18.3 Å². The molecule has 0 atom stereocenters. The van der Waals surface area contributed by atoms with Crippen molar-refractivity contribution in [1.82, 2.24) is 9.78 Å². The molecule has 0 aliphatic heterocycles. The van der Waals surface area contributed by atoms with E-state index in [4.69, 9.17) is 28.9 Å². The minimum Gasteiger partial charge on any atom is -0.396 e. The van der Waals surface area contributed by atoms with Gasteiger partial charge in [-0.2, -0.15) is 5.10 Å². The molecule has 100 valence electrons. The fourth-order valence-electron chi connectivity index (χ4n) is 1.63. The number of halogens is 2. The zero-order chi connectivity index (χ0) is 14.2. The lowest BCUT2D eigenvalue weighted by Gasteiger charge is -2.07. The summed E-state index contributed by atoms with van der Waals surface area (Å²) in [6.45, 7) is 1.80. The normalized spacial score (nSPS) is 10.5. The van der Waals surface area contributed by atoms with Crippen molar-refractivity contribution in [3.8, 4) is 0 Å². The number of amides is 1. The third-order valence-corrected chi connectivity index (χ3v) is 3.23. The van der Waals surface area contributed by atoms with Gasteiger partial charge in [0.25, 0.3) is 5.91 Å². The van der Waals surface area contributed by atoms with E-state index in [1.54, 1.807) is 24.9 Å². The molecule has 1 aromatic carbocycles. The van der Waals surface area contributed by atoms with Crippen molar-refractivity contribution in [2.75, 3.05) is 11.1 Å². The van der Waals surface area contributed by atoms with Gasteiger partial charge in [-0.15, -0.1) is 0 Å². The van der Waals surface area contributed by atoms with Crippen molar-refractivity contribution in [2.24, 2.45) is 7.05 Å². The molecule has 3 N–H and O–H groups in total. The van der Waals surface area contributed by atoms with Gasteiger partial charge < -0.3 is 11.1 Å². The molecule has 2 aromatic rings. The fourth-order valence-corrected chi connectivity index (χ4v) is 2.12. The van der Waals surface area contributed by atoms with E-state index in [1.807, 2.05) is 0 Å². The van der Waals surface area contributed by atoms with Crippen LogP contribution in [-0.4, -0.2) is 15.7 Å². The monoisotopic (exact) mass is 298 g/mol. The van der Waals surface area contributed by atoms with Gasteiger partial charge in [-0.1, -0.05) is 23.2 Å². The van der Waals surface area contributed by atoms with E-state index in [2.05, 4.69) is 10.4 Å². The molecule has 0 aliphatic rings. The van der Waals surface area contributed by atoms with Crippen LogP contribution in [0.25, 0.3) is 0 Å². The number of nitrogens with two attached hydrogens (primary N) is 1. The maximum atomic E-state index is 12.1. The molecule has 2 rings (SSSR count). The van der Waals surface area contributed by atoms with Crippen LogP contribution in [0.5, 0.6) is 0 Å². The minimum atomic E-state index is -0.320. The second-order valence-corrected chi connectivity index (χ2v) is 4.92. The molecule has 7 heteroatoms. The van der Waals surface area contributed by atoms with E-state index in [9.17, 15) is 4.79 Å². The average molecular weight is 299 g/mol. The van der Waals surface area contributed by atoms with E-state index in [-0.39, 0.29) is 21.6 Å². The Morgan fingerprint density at radius 3 is 2.42 bits per heavy atom. The summed E-state index contributed by atoms with van der Waals surface area (Å²) >= 11 is 11.8. The van der Waals surface area contributed by atoms with Gasteiger partial charge in [0, 0.05) is 18.8 Å². The van der Waals surface area contributed by atoms with Crippen molar-refractivity contribution in [3.63, 3.8) is 0 Å². The summed E-state index contributed by atoms with van der Waals surface area (Å²) in [5.41, 5.74) is 7.58. The standard InChI is InChI=1S/C12H12Cl2N4O/c1-6-10(5-18(2)17-6)16-12(19)7-3-8(13)11(15)9(14)4-7/h3-5H,15H2,1-2H3,(H,16,19). The smallest absolute Gasteiger partial charge is 0.255 e. The maximum absolute atomic E-state index is 12.1. The van der Waals surface area contributed by atoms with Gasteiger partial charge in [-0.05, 0) is 19.1 Å². The molecule has 1 amide bonds. The first-order valence-electron chi connectivity index (χ1n) is 5.44. The van der Waals surface area contributed by atoms with E-state index in [0.717, 1.165) is 5.69 Å². The summed E-state index contributed by atoms with van der Waals surface area (Å²) in [4.78, 5) is 12.1. The summed E-state index contributed by atoms with van der Waals surface area (Å²) in [7, 11) is 1.78. The van der Waals surface area contributed by atoms with Gasteiger partial charge in [0.2, 0.25) is 0 Å². The number of carbonyl (C=O) groups is 1. The molecule has 0 saturated heterocycles. The van der Waals surface area contributed by atoms with E-state index in [0.29, 0.717) is 11.3 Å². The van der Waals surface area contributed by atoms with Gasteiger partial charge in [-0.3, -0.25) is 9.48 Å². The van der Waals surface area contributed by atoms with E-state index >= 15 is 0 Å². The number of hydrogen-bond acceptors (Lipinski definition) is 3. The fraction of sp³-hybridized carbons (Fsp3) is 0.167. The number of aryl methyl sites for hydroxylation is 2. The minimum absolute atomic E-state index is 0.251. The SMILES string of the molecule is Cc1nn(C)cc1NC(=O)c1cc(Cl)c(N)c(Cl)c1. The molecule has 5 nitrogen and oxygen atoms in total. The molecule has 1 heterocycles. The summed E-state index contributed by atoms with van der Waals surface area (Å²) in [5.74, 6) is -0.320. The first-order chi connectivity index (χ1) is 8.88. The van der Waals surface area contributed by atoms with Gasteiger partial charge in [-0.25, -0.2) is 0 Å². The molecular formula is C12H12Cl2N4O. The predicted molar refractivity (Wildman–Crippen MR) is 76.8 cm³/mol. The molecule has 0 saturated carbocycles. The van der Waals surface area contributed by atoms with Crippen LogP contribution in [0.2, 0.25) is 10.0 Å². The number of nitrogen functional groups attached to an aromatic ring is 1. The van der Waals surface area contributed by atoms with Gasteiger partial charge >= 0.3 is 0 Å². The summed E-state index contributed by atoms with van der Waals surface area (Å²) < 4.78 is 1.62. The second kappa shape index (κ2) is 5.11. The molecule has 0 fully saturated rings. The molecule has 0 radical (unpaired) electrons. The van der Waals surface area contributed by atoms with Gasteiger partial charge in [0.05, 0.1) is 27.1 Å². The highest BCUT2D eigenvalue weighted by molar-refractivity contribution is 6.39. The first kappa shape index (κ1) is 13.7. The van der Waals surface area contributed by atoms with Crippen LogP contribution in [0.3, 0.4) is 0 Å². The van der Waals surface area contributed by atoms with Crippen molar-refractivity contribution in [3.05, 3.63) is 39.6 Å². The van der Waals surface area contributed by atoms with E-state index < -0.39 is 0 Å². The Balaban J connectivity index is 2.28. The molecule has 1 aromatic heterocycles. The highest BCUT2D eigenvalue weighted by Crippen LogP contribution is 2.29. The average Bonchev–Trinajstić information content (AvgIpc) is 2.64. The quantitative estimate of drug-likeness (QED) is 0.837. The van der Waals surface area contributed by atoms with Crippen LogP contribution in [-0.2, 0) is 7.05 Å². The predicted octanol–water partition coefficient (Wildman–Crippen LogP) is 2.87. The Bertz CT molecular complexity index is 628. The number of rotatable bonds is 2. The van der Waals surface area contributed by atoms with Crippen molar-refractivity contribution < 1.29 is 4.79 Å². The highest BCUT2D eigenvalue weighted by Gasteiger charge is 2.13. The van der Waals surface area contributed by atoms with Crippen molar-refractivity contribution in [2.45, 2.75) is 6.92 Å². The summed E-state index contributed by atoms with van der Waals surface area (Å²) in [5, 5.41) is 7.38. The Labute approximate surface area is 120 Å².